The molecule has 0 spiro atoms. The minimum absolute atomic E-state index is 0.0572. The van der Waals surface area contributed by atoms with Crippen LogP contribution in [0.15, 0.2) is 0 Å². The molecule has 21 heavy (non-hydrogen) atoms. The first-order valence-corrected chi connectivity index (χ1v) is 8.24. The number of nitrogens with one attached hydrogen (secondary N) is 1. The summed E-state index contributed by atoms with van der Waals surface area (Å²) in [4.78, 5) is 12.5. The number of nitrogens with two attached hydrogens (primary N) is 1. The van der Waals surface area contributed by atoms with Crippen molar-refractivity contribution in [3.05, 3.63) is 11.4 Å². The number of carbonyl (C=O) groups is 1. The Morgan fingerprint density at radius 3 is 2.57 bits per heavy atom. The summed E-state index contributed by atoms with van der Waals surface area (Å²) in [6, 6.07) is 0.0295. The van der Waals surface area contributed by atoms with E-state index in [1.807, 2.05) is 18.5 Å². The molecule has 0 saturated heterocycles. The number of hydrogen-bond acceptors (Lipinski definition) is 3. The zero-order valence-electron chi connectivity index (χ0n) is 13.5. The Labute approximate surface area is 127 Å². The molecule has 1 atom stereocenters. The van der Waals surface area contributed by atoms with Gasteiger partial charge in [-0.25, -0.2) is 0 Å². The van der Waals surface area contributed by atoms with E-state index in [4.69, 9.17) is 5.73 Å². The number of carbonyl (C=O) groups excluding carboxylic acids is 1. The maximum atomic E-state index is 12.5. The molecule has 1 saturated carbocycles. The van der Waals surface area contributed by atoms with E-state index in [0.717, 1.165) is 42.8 Å². The van der Waals surface area contributed by atoms with Crippen LogP contribution in [0.3, 0.4) is 0 Å². The average Bonchev–Trinajstić information content (AvgIpc) is 2.83. The van der Waals surface area contributed by atoms with E-state index in [2.05, 4.69) is 17.3 Å². The average molecular weight is 292 g/mol. The van der Waals surface area contributed by atoms with E-state index in [-0.39, 0.29) is 11.9 Å². The molecule has 5 heteroatoms. The van der Waals surface area contributed by atoms with Gasteiger partial charge in [0.2, 0.25) is 5.91 Å². The number of aryl methyl sites for hydroxylation is 1. The number of aromatic nitrogens is 2. The molecule has 1 aliphatic rings. The molecule has 5 nitrogen and oxygen atoms in total. The quantitative estimate of drug-likeness (QED) is 0.876. The molecule has 1 amide bonds. The number of nitrogen functional groups attached to an aromatic ring is 1. The highest BCUT2D eigenvalue weighted by Crippen LogP contribution is 2.23. The lowest BCUT2D eigenvalue weighted by Crippen LogP contribution is -2.40. The SMILES string of the molecule is CCc1nn(C(C)C(=O)NC2CCCCC2)c(CC)c1N. The van der Waals surface area contributed by atoms with Gasteiger partial charge in [-0.2, -0.15) is 5.10 Å². The van der Waals surface area contributed by atoms with Crippen molar-refractivity contribution >= 4 is 11.6 Å². The van der Waals surface area contributed by atoms with Gasteiger partial charge in [-0.05, 0) is 32.6 Å². The molecule has 0 bridgehead atoms. The van der Waals surface area contributed by atoms with Gasteiger partial charge in [-0.1, -0.05) is 33.1 Å². The number of amides is 1. The molecule has 1 aromatic heterocycles. The van der Waals surface area contributed by atoms with E-state index >= 15 is 0 Å². The monoisotopic (exact) mass is 292 g/mol. The maximum absolute atomic E-state index is 12.5. The first kappa shape index (κ1) is 15.9. The Morgan fingerprint density at radius 2 is 2.00 bits per heavy atom. The Morgan fingerprint density at radius 1 is 1.33 bits per heavy atom. The van der Waals surface area contributed by atoms with E-state index in [1.54, 1.807) is 0 Å². The molecule has 0 aromatic carbocycles. The Bertz CT molecular complexity index is 489. The molecule has 1 fully saturated rings. The van der Waals surface area contributed by atoms with Crippen LogP contribution in [-0.4, -0.2) is 21.7 Å². The van der Waals surface area contributed by atoms with Crippen LogP contribution in [0.25, 0.3) is 0 Å². The lowest BCUT2D eigenvalue weighted by molar-refractivity contribution is -0.125. The third kappa shape index (κ3) is 3.39. The Hall–Kier alpha value is -1.52. The van der Waals surface area contributed by atoms with Crippen LogP contribution in [0, 0.1) is 0 Å². The summed E-state index contributed by atoms with van der Waals surface area (Å²) in [6.07, 6.45) is 7.50. The number of anilines is 1. The van der Waals surface area contributed by atoms with Crippen molar-refractivity contribution in [2.45, 2.75) is 77.8 Å². The first-order chi connectivity index (χ1) is 10.1. The zero-order valence-corrected chi connectivity index (χ0v) is 13.5. The summed E-state index contributed by atoms with van der Waals surface area (Å²) in [5.74, 6) is 0.0572. The molecule has 118 valence electrons. The van der Waals surface area contributed by atoms with Gasteiger partial charge in [-0.15, -0.1) is 0 Å². The van der Waals surface area contributed by atoms with E-state index in [9.17, 15) is 4.79 Å². The third-order valence-electron chi connectivity index (χ3n) is 4.49. The van der Waals surface area contributed by atoms with Crippen LogP contribution in [0.4, 0.5) is 5.69 Å². The van der Waals surface area contributed by atoms with Gasteiger partial charge in [-0.3, -0.25) is 9.48 Å². The second kappa shape index (κ2) is 6.96. The Kier molecular flexibility index (Phi) is 5.26. The van der Waals surface area contributed by atoms with Crippen molar-refractivity contribution in [2.75, 3.05) is 5.73 Å². The molecule has 0 aliphatic heterocycles. The summed E-state index contributed by atoms with van der Waals surface area (Å²) in [5, 5.41) is 7.72. The fraction of sp³-hybridized carbons (Fsp3) is 0.750. The Balaban J connectivity index is 2.11. The van der Waals surface area contributed by atoms with Crippen molar-refractivity contribution in [2.24, 2.45) is 0 Å². The van der Waals surface area contributed by atoms with E-state index in [0.29, 0.717) is 6.04 Å². The van der Waals surface area contributed by atoms with Crippen LogP contribution in [0.2, 0.25) is 0 Å². The van der Waals surface area contributed by atoms with Gasteiger partial charge in [0.25, 0.3) is 0 Å². The normalized spacial score (nSPS) is 17.7. The summed E-state index contributed by atoms with van der Waals surface area (Å²) in [5.41, 5.74) is 8.74. The number of nitrogens with zero attached hydrogens (tertiary/aromatic N) is 2. The van der Waals surface area contributed by atoms with E-state index in [1.165, 1.54) is 19.3 Å². The molecule has 1 unspecified atom stereocenters. The van der Waals surface area contributed by atoms with Crippen LogP contribution in [0.1, 0.15) is 70.3 Å². The second-order valence-electron chi connectivity index (χ2n) is 5.98. The van der Waals surface area contributed by atoms with Gasteiger partial charge in [0.1, 0.15) is 6.04 Å². The van der Waals surface area contributed by atoms with Crippen LogP contribution < -0.4 is 11.1 Å². The maximum Gasteiger partial charge on any atom is 0.244 e. The molecule has 0 radical (unpaired) electrons. The summed E-state index contributed by atoms with van der Waals surface area (Å²) in [7, 11) is 0. The second-order valence-corrected chi connectivity index (χ2v) is 5.98. The van der Waals surface area contributed by atoms with Gasteiger partial charge >= 0.3 is 0 Å². The molecule has 3 N–H and O–H groups in total. The molecule has 1 heterocycles. The van der Waals surface area contributed by atoms with E-state index < -0.39 is 0 Å². The lowest BCUT2D eigenvalue weighted by atomic mass is 9.95. The molecule has 1 aromatic rings. The standard InChI is InChI=1S/C16H28N4O/c1-4-13-15(17)14(5-2)20(19-13)11(3)16(21)18-12-9-7-6-8-10-12/h11-12H,4-10,17H2,1-3H3,(H,18,21). The zero-order chi connectivity index (χ0) is 15.4. The lowest BCUT2D eigenvalue weighted by Gasteiger charge is -2.25. The highest BCUT2D eigenvalue weighted by molar-refractivity contribution is 5.80. The first-order valence-electron chi connectivity index (χ1n) is 8.24. The van der Waals surface area contributed by atoms with Crippen molar-refractivity contribution < 1.29 is 4.79 Å². The van der Waals surface area contributed by atoms with Gasteiger partial charge < -0.3 is 11.1 Å². The smallest absolute Gasteiger partial charge is 0.244 e. The molecular weight excluding hydrogens is 264 g/mol. The van der Waals surface area contributed by atoms with Gasteiger partial charge in [0.15, 0.2) is 0 Å². The van der Waals surface area contributed by atoms with Crippen LogP contribution in [0.5, 0.6) is 0 Å². The highest BCUT2D eigenvalue weighted by Gasteiger charge is 2.24. The minimum Gasteiger partial charge on any atom is -0.396 e. The van der Waals surface area contributed by atoms with Crippen molar-refractivity contribution in [3.63, 3.8) is 0 Å². The van der Waals surface area contributed by atoms with Gasteiger partial charge in [0, 0.05) is 6.04 Å². The molecular formula is C16H28N4O. The largest absolute Gasteiger partial charge is 0.396 e. The number of rotatable bonds is 5. The number of hydrogen-bond donors (Lipinski definition) is 2. The predicted molar refractivity (Wildman–Crippen MR) is 85.1 cm³/mol. The summed E-state index contributed by atoms with van der Waals surface area (Å²) < 4.78 is 1.81. The predicted octanol–water partition coefficient (Wildman–Crippen LogP) is 2.60. The van der Waals surface area contributed by atoms with Gasteiger partial charge in [0.05, 0.1) is 17.1 Å². The fourth-order valence-electron chi connectivity index (χ4n) is 3.15. The minimum atomic E-state index is -0.301. The topological polar surface area (TPSA) is 72.9 Å². The fourth-order valence-corrected chi connectivity index (χ4v) is 3.15. The van der Waals surface area contributed by atoms with Crippen molar-refractivity contribution in [3.8, 4) is 0 Å². The summed E-state index contributed by atoms with van der Waals surface area (Å²) >= 11 is 0. The molecule has 2 rings (SSSR count). The third-order valence-corrected chi connectivity index (χ3v) is 4.49. The molecule has 1 aliphatic carbocycles. The van der Waals surface area contributed by atoms with Crippen LogP contribution >= 0.6 is 0 Å². The van der Waals surface area contributed by atoms with Crippen molar-refractivity contribution in [1.29, 1.82) is 0 Å². The van der Waals surface area contributed by atoms with Crippen LogP contribution in [-0.2, 0) is 17.6 Å². The highest BCUT2D eigenvalue weighted by atomic mass is 16.2. The summed E-state index contributed by atoms with van der Waals surface area (Å²) in [6.45, 7) is 5.99. The van der Waals surface area contributed by atoms with Crippen molar-refractivity contribution in [1.82, 2.24) is 15.1 Å².